The molecule has 2 heterocycles. The normalized spacial score (nSPS) is 26.4. The van der Waals surface area contributed by atoms with Crippen LogP contribution in [0.2, 0.25) is 5.02 Å². The van der Waals surface area contributed by atoms with E-state index in [-0.39, 0.29) is 23.7 Å². The Hall–Kier alpha value is -1.88. The molecule has 1 aliphatic heterocycles. The molecule has 2 aliphatic rings. The van der Waals surface area contributed by atoms with Crippen LogP contribution in [0.3, 0.4) is 0 Å². The van der Waals surface area contributed by atoms with Gasteiger partial charge in [0.2, 0.25) is 11.8 Å². The summed E-state index contributed by atoms with van der Waals surface area (Å²) in [4.78, 5) is 19.2. The number of carbonyl (C=O) groups is 1. The number of carbonyl (C=O) groups excluding carboxylic acids is 1. The lowest BCUT2D eigenvalue weighted by Gasteiger charge is -2.31. The monoisotopic (exact) mass is 345 g/mol. The Morgan fingerprint density at radius 3 is 2.96 bits per heavy atom. The minimum absolute atomic E-state index is 0.0654. The zero-order valence-electron chi connectivity index (χ0n) is 13.6. The first kappa shape index (κ1) is 15.6. The molecule has 1 saturated heterocycles. The molecule has 0 unspecified atom stereocenters. The van der Waals surface area contributed by atoms with Crippen LogP contribution >= 0.6 is 11.6 Å². The van der Waals surface area contributed by atoms with Gasteiger partial charge in [-0.15, -0.1) is 0 Å². The van der Waals surface area contributed by atoms with Crippen molar-refractivity contribution in [1.82, 2.24) is 15.0 Å². The third-order valence-corrected chi connectivity index (χ3v) is 5.40. The van der Waals surface area contributed by atoms with E-state index in [4.69, 9.17) is 16.1 Å². The second-order valence-electron chi connectivity index (χ2n) is 6.77. The Morgan fingerprint density at radius 1 is 1.38 bits per heavy atom. The van der Waals surface area contributed by atoms with E-state index in [9.17, 15) is 4.79 Å². The summed E-state index contributed by atoms with van der Waals surface area (Å²) in [5.41, 5.74) is 1.10. The molecule has 1 saturated carbocycles. The highest BCUT2D eigenvalue weighted by molar-refractivity contribution is 6.31. The van der Waals surface area contributed by atoms with Gasteiger partial charge in [-0.25, -0.2) is 0 Å². The third kappa shape index (κ3) is 2.93. The topological polar surface area (TPSA) is 59.2 Å². The summed E-state index contributed by atoms with van der Waals surface area (Å²) in [6.45, 7) is 3.29. The molecule has 3 atom stereocenters. The number of halogens is 1. The number of nitrogens with zero attached hydrogens (tertiary/aromatic N) is 3. The number of hydrogen-bond acceptors (Lipinski definition) is 4. The number of likely N-dealkylation sites (tertiary alicyclic amines) is 1. The summed E-state index contributed by atoms with van der Waals surface area (Å²) in [6.07, 6.45) is 2.87. The molecule has 4 rings (SSSR count). The van der Waals surface area contributed by atoms with Crippen LogP contribution in [0.15, 0.2) is 28.8 Å². The Bertz CT molecular complexity index is 760. The van der Waals surface area contributed by atoms with E-state index in [0.29, 0.717) is 12.4 Å². The van der Waals surface area contributed by atoms with E-state index in [0.717, 1.165) is 42.2 Å². The fraction of sp³-hybridized carbons (Fsp3) is 0.500. The average Bonchev–Trinajstić information content (AvgIpc) is 3.27. The van der Waals surface area contributed by atoms with Crippen LogP contribution in [0.4, 0.5) is 0 Å². The molecule has 0 N–H and O–H groups in total. The lowest BCUT2D eigenvalue weighted by Crippen LogP contribution is -2.40. The molecule has 126 valence electrons. The molecular weight excluding hydrogens is 326 g/mol. The van der Waals surface area contributed by atoms with Crippen molar-refractivity contribution in [2.75, 3.05) is 13.1 Å². The minimum atomic E-state index is 0.0654. The number of aromatic nitrogens is 2. The maximum atomic E-state index is 12.9. The van der Waals surface area contributed by atoms with E-state index >= 15 is 0 Å². The molecule has 1 aromatic carbocycles. The molecule has 1 aliphatic carbocycles. The first-order valence-corrected chi connectivity index (χ1v) is 8.84. The summed E-state index contributed by atoms with van der Waals surface area (Å²) in [6, 6.07) is 7.83. The van der Waals surface area contributed by atoms with Crippen LogP contribution in [0.5, 0.6) is 0 Å². The van der Waals surface area contributed by atoms with E-state index in [2.05, 4.69) is 10.1 Å². The van der Waals surface area contributed by atoms with Gasteiger partial charge in [0.25, 0.3) is 0 Å². The first-order valence-electron chi connectivity index (χ1n) is 8.47. The van der Waals surface area contributed by atoms with Crippen molar-refractivity contribution in [3.63, 3.8) is 0 Å². The van der Waals surface area contributed by atoms with E-state index in [1.165, 1.54) is 0 Å². The molecular formula is C18H20ClN3O2. The standard InChI is InChI=1S/C18H20ClN3O2/c1-11-20-17(21-24-11)12-5-4-8-22(10-12)18(23)15-9-14(15)13-6-2-3-7-16(13)19/h2-3,6-7,12,14-15H,4-5,8-10H2,1H3/t12-,14+,15-/m1/s1. The molecule has 2 aromatic rings. The Balaban J connectivity index is 1.43. The Kier molecular flexibility index (Phi) is 4.04. The predicted molar refractivity (Wildman–Crippen MR) is 89.9 cm³/mol. The quantitative estimate of drug-likeness (QED) is 0.853. The maximum Gasteiger partial charge on any atom is 0.226 e. The van der Waals surface area contributed by atoms with Crippen LogP contribution in [0.25, 0.3) is 0 Å². The van der Waals surface area contributed by atoms with Crippen LogP contribution in [-0.4, -0.2) is 34.0 Å². The molecule has 2 fully saturated rings. The van der Waals surface area contributed by atoms with E-state index in [1.54, 1.807) is 6.92 Å². The lowest BCUT2D eigenvalue weighted by molar-refractivity contribution is -0.133. The Labute approximate surface area is 146 Å². The highest BCUT2D eigenvalue weighted by atomic mass is 35.5. The summed E-state index contributed by atoms with van der Waals surface area (Å²) in [5, 5.41) is 4.79. The van der Waals surface area contributed by atoms with Crippen LogP contribution in [0, 0.1) is 12.8 Å². The number of aryl methyl sites for hydroxylation is 1. The number of amides is 1. The van der Waals surface area contributed by atoms with Gasteiger partial charge in [0, 0.05) is 36.9 Å². The molecule has 0 spiro atoms. The second-order valence-corrected chi connectivity index (χ2v) is 7.17. The van der Waals surface area contributed by atoms with Gasteiger partial charge >= 0.3 is 0 Å². The molecule has 0 radical (unpaired) electrons. The van der Waals surface area contributed by atoms with Gasteiger partial charge in [0.05, 0.1) is 0 Å². The van der Waals surface area contributed by atoms with Gasteiger partial charge in [-0.1, -0.05) is 35.0 Å². The van der Waals surface area contributed by atoms with Crippen LogP contribution in [0.1, 0.15) is 48.4 Å². The molecule has 5 nitrogen and oxygen atoms in total. The van der Waals surface area contributed by atoms with Crippen molar-refractivity contribution in [2.45, 2.75) is 38.0 Å². The van der Waals surface area contributed by atoms with Gasteiger partial charge in [-0.05, 0) is 36.8 Å². The van der Waals surface area contributed by atoms with E-state index in [1.807, 2.05) is 29.2 Å². The van der Waals surface area contributed by atoms with Crippen molar-refractivity contribution in [3.05, 3.63) is 46.6 Å². The average molecular weight is 346 g/mol. The van der Waals surface area contributed by atoms with Crippen molar-refractivity contribution >= 4 is 17.5 Å². The predicted octanol–water partition coefficient (Wildman–Crippen LogP) is 3.54. The van der Waals surface area contributed by atoms with Crippen molar-refractivity contribution < 1.29 is 9.32 Å². The van der Waals surface area contributed by atoms with Gasteiger partial charge in [-0.2, -0.15) is 4.98 Å². The van der Waals surface area contributed by atoms with Crippen LogP contribution in [-0.2, 0) is 4.79 Å². The highest BCUT2D eigenvalue weighted by Crippen LogP contribution is 2.50. The molecule has 1 aromatic heterocycles. The molecule has 6 heteroatoms. The summed E-state index contributed by atoms with van der Waals surface area (Å²) in [7, 11) is 0. The van der Waals surface area contributed by atoms with Crippen molar-refractivity contribution in [2.24, 2.45) is 5.92 Å². The van der Waals surface area contributed by atoms with Crippen LogP contribution < -0.4 is 0 Å². The number of benzene rings is 1. The van der Waals surface area contributed by atoms with Crippen molar-refractivity contribution in [1.29, 1.82) is 0 Å². The third-order valence-electron chi connectivity index (χ3n) is 5.05. The van der Waals surface area contributed by atoms with Gasteiger partial charge in [-0.3, -0.25) is 4.79 Å². The largest absolute Gasteiger partial charge is 0.342 e. The fourth-order valence-electron chi connectivity index (χ4n) is 3.69. The van der Waals surface area contributed by atoms with Gasteiger partial charge in [0.15, 0.2) is 5.82 Å². The number of hydrogen-bond donors (Lipinski definition) is 0. The summed E-state index contributed by atoms with van der Waals surface area (Å²) >= 11 is 6.27. The van der Waals surface area contributed by atoms with Gasteiger partial charge < -0.3 is 9.42 Å². The first-order chi connectivity index (χ1) is 11.6. The zero-order chi connectivity index (χ0) is 16.7. The number of piperidine rings is 1. The molecule has 0 bridgehead atoms. The molecule has 1 amide bonds. The maximum absolute atomic E-state index is 12.9. The SMILES string of the molecule is Cc1nc([C@@H]2CCCN(C(=O)[C@@H]3C[C@H]3c3ccccc3Cl)C2)no1. The smallest absolute Gasteiger partial charge is 0.226 e. The summed E-state index contributed by atoms with van der Waals surface area (Å²) < 4.78 is 5.08. The zero-order valence-corrected chi connectivity index (χ0v) is 14.4. The van der Waals surface area contributed by atoms with Gasteiger partial charge in [0.1, 0.15) is 0 Å². The number of rotatable bonds is 3. The summed E-state index contributed by atoms with van der Waals surface area (Å²) in [5.74, 6) is 2.05. The fourth-order valence-corrected chi connectivity index (χ4v) is 3.97. The Morgan fingerprint density at radius 2 is 2.21 bits per heavy atom. The van der Waals surface area contributed by atoms with E-state index < -0.39 is 0 Å². The second kappa shape index (κ2) is 6.20. The lowest BCUT2D eigenvalue weighted by atomic mass is 9.96. The highest BCUT2D eigenvalue weighted by Gasteiger charge is 2.47. The molecule has 24 heavy (non-hydrogen) atoms. The minimum Gasteiger partial charge on any atom is -0.342 e. The van der Waals surface area contributed by atoms with Crippen molar-refractivity contribution in [3.8, 4) is 0 Å².